The number of carbonyl (C=O) groups excluding carboxylic acids is 2. The Bertz CT molecular complexity index is 1260. The van der Waals surface area contributed by atoms with Gasteiger partial charge in [0.15, 0.2) is 0 Å². The minimum absolute atomic E-state index is 0.0668. The molecule has 0 radical (unpaired) electrons. The molecule has 0 saturated carbocycles. The van der Waals surface area contributed by atoms with Gasteiger partial charge in [0.05, 0.1) is 42.4 Å². The molecule has 34 heavy (non-hydrogen) atoms. The van der Waals surface area contributed by atoms with E-state index >= 15 is 0 Å². The van der Waals surface area contributed by atoms with Crippen LogP contribution in [0.15, 0.2) is 48.5 Å². The first kappa shape index (κ1) is 25.2. The number of halogens is 4. The molecule has 174 valence electrons. The molecule has 0 aromatic heterocycles. The summed E-state index contributed by atoms with van der Waals surface area (Å²) in [6.45, 7) is 0. The first-order valence-electron chi connectivity index (χ1n) is 8.99. The number of nitrogens with one attached hydrogen (secondary N) is 2. The summed E-state index contributed by atoms with van der Waals surface area (Å²) in [6, 6.07) is 10.3. The zero-order chi connectivity index (χ0) is 25.2. The summed E-state index contributed by atoms with van der Waals surface area (Å²) in [7, 11) is 0. The summed E-state index contributed by atoms with van der Waals surface area (Å²) < 4.78 is 0. The van der Waals surface area contributed by atoms with Gasteiger partial charge in [-0.05, 0) is 24.3 Å². The molecular formula is C20H10Cl4N4O6. The number of anilines is 2. The molecule has 0 unspecified atom stereocenters. The number of nitro benzene ring substituents is 2. The third kappa shape index (κ3) is 5.05. The molecule has 2 amide bonds. The Kier molecular flexibility index (Phi) is 7.57. The monoisotopic (exact) mass is 542 g/mol. The fraction of sp³-hybridized carbons (Fsp3) is 0. The standard InChI is InChI=1S/C20H10Cl4N4O6/c21-9-5-7-13(27(31)32)17(23)15(9)19(29)25-11-3-1-2-4-12(11)26-20(30)16-10(22)6-8-14(18(16)24)28(33)34/h1-8H,(H,25,29)(H,26,30). The van der Waals surface area contributed by atoms with Crippen LogP contribution in [-0.4, -0.2) is 21.7 Å². The third-order valence-corrected chi connectivity index (χ3v) is 5.81. The second-order valence-corrected chi connectivity index (χ2v) is 8.05. The van der Waals surface area contributed by atoms with Crippen LogP contribution >= 0.6 is 46.4 Å². The molecular weight excluding hydrogens is 534 g/mol. The molecule has 10 nitrogen and oxygen atoms in total. The Morgan fingerprint density at radius 2 is 1.00 bits per heavy atom. The minimum atomic E-state index is -0.883. The zero-order valence-corrected chi connectivity index (χ0v) is 19.5. The van der Waals surface area contributed by atoms with Gasteiger partial charge < -0.3 is 10.6 Å². The third-order valence-electron chi connectivity index (χ3n) is 4.41. The number of amides is 2. The highest BCUT2D eigenvalue weighted by molar-refractivity contribution is 6.42. The first-order valence-corrected chi connectivity index (χ1v) is 10.5. The highest BCUT2D eigenvalue weighted by Gasteiger charge is 2.26. The van der Waals surface area contributed by atoms with Crippen LogP contribution in [0.4, 0.5) is 22.7 Å². The lowest BCUT2D eigenvalue weighted by atomic mass is 10.1. The quantitative estimate of drug-likeness (QED) is 0.264. The topological polar surface area (TPSA) is 144 Å². The molecule has 0 fully saturated rings. The predicted octanol–water partition coefficient (Wildman–Crippen LogP) is 6.62. The smallest absolute Gasteiger partial charge is 0.288 e. The summed E-state index contributed by atoms with van der Waals surface area (Å²) in [5.41, 5.74) is -1.60. The fourth-order valence-corrected chi connectivity index (χ4v) is 4.07. The summed E-state index contributed by atoms with van der Waals surface area (Å²) in [6.07, 6.45) is 0. The van der Waals surface area contributed by atoms with Gasteiger partial charge in [-0.3, -0.25) is 29.8 Å². The lowest BCUT2D eigenvalue weighted by Gasteiger charge is -2.14. The van der Waals surface area contributed by atoms with Gasteiger partial charge in [0.1, 0.15) is 10.0 Å². The van der Waals surface area contributed by atoms with Gasteiger partial charge in [-0.1, -0.05) is 58.5 Å². The van der Waals surface area contributed by atoms with Gasteiger partial charge in [-0.15, -0.1) is 0 Å². The van der Waals surface area contributed by atoms with Crippen molar-refractivity contribution in [1.29, 1.82) is 0 Å². The summed E-state index contributed by atoms with van der Waals surface area (Å²) >= 11 is 24.1. The van der Waals surface area contributed by atoms with E-state index in [0.717, 1.165) is 24.3 Å². The largest absolute Gasteiger partial charge is 0.320 e. The van der Waals surface area contributed by atoms with E-state index in [1.807, 2.05) is 0 Å². The highest BCUT2D eigenvalue weighted by atomic mass is 35.5. The Morgan fingerprint density at radius 1 is 0.647 bits per heavy atom. The maximum atomic E-state index is 12.8. The molecule has 0 heterocycles. The van der Waals surface area contributed by atoms with Crippen LogP contribution in [0.5, 0.6) is 0 Å². The van der Waals surface area contributed by atoms with Gasteiger partial charge in [-0.25, -0.2) is 0 Å². The second kappa shape index (κ2) is 10.2. The van der Waals surface area contributed by atoms with Crippen LogP contribution in [0.1, 0.15) is 20.7 Å². The van der Waals surface area contributed by atoms with Crippen molar-refractivity contribution >= 4 is 81.0 Å². The van der Waals surface area contributed by atoms with Gasteiger partial charge >= 0.3 is 0 Å². The van der Waals surface area contributed by atoms with Crippen LogP contribution in [0.3, 0.4) is 0 Å². The Morgan fingerprint density at radius 3 is 1.32 bits per heavy atom. The van der Waals surface area contributed by atoms with Crippen molar-refractivity contribution in [3.63, 3.8) is 0 Å². The Balaban J connectivity index is 1.95. The number of hydrogen-bond donors (Lipinski definition) is 2. The van der Waals surface area contributed by atoms with Gasteiger partial charge in [0.2, 0.25) is 0 Å². The predicted molar refractivity (Wildman–Crippen MR) is 129 cm³/mol. The molecule has 3 aromatic carbocycles. The molecule has 2 N–H and O–H groups in total. The van der Waals surface area contributed by atoms with Crippen molar-refractivity contribution in [2.24, 2.45) is 0 Å². The molecule has 0 spiro atoms. The average molecular weight is 544 g/mol. The number of para-hydroxylation sites is 2. The van der Waals surface area contributed by atoms with E-state index in [1.165, 1.54) is 24.3 Å². The fourth-order valence-electron chi connectivity index (χ4n) is 2.85. The van der Waals surface area contributed by atoms with Crippen LogP contribution in [0.25, 0.3) is 0 Å². The van der Waals surface area contributed by atoms with Gasteiger partial charge in [0.25, 0.3) is 23.2 Å². The SMILES string of the molecule is O=C(Nc1ccccc1NC(=O)c1c(Cl)ccc([N+](=O)[O-])c1Cl)c1c(Cl)ccc([N+](=O)[O-])c1Cl. The van der Waals surface area contributed by atoms with Crippen LogP contribution in [0, 0.1) is 20.2 Å². The second-order valence-electron chi connectivity index (χ2n) is 6.48. The van der Waals surface area contributed by atoms with E-state index in [-0.39, 0.29) is 32.5 Å². The number of benzene rings is 3. The average Bonchev–Trinajstić information content (AvgIpc) is 2.74. The first-order chi connectivity index (χ1) is 16.0. The molecule has 0 saturated heterocycles. The summed E-state index contributed by atoms with van der Waals surface area (Å²) in [5, 5.41) is 26.0. The summed E-state index contributed by atoms with van der Waals surface area (Å²) in [5.74, 6) is -1.77. The van der Waals surface area contributed by atoms with E-state index in [9.17, 15) is 29.8 Å². The highest BCUT2D eigenvalue weighted by Crippen LogP contribution is 2.36. The molecule has 14 heteroatoms. The number of carbonyl (C=O) groups is 2. The van der Waals surface area contributed by atoms with Crippen molar-refractivity contribution in [2.75, 3.05) is 10.6 Å². The number of nitro groups is 2. The maximum Gasteiger partial charge on any atom is 0.288 e. The molecule has 0 aliphatic heterocycles. The normalized spacial score (nSPS) is 10.5. The van der Waals surface area contributed by atoms with E-state index in [4.69, 9.17) is 46.4 Å². The van der Waals surface area contributed by atoms with Crippen LogP contribution < -0.4 is 10.6 Å². The molecule has 3 aromatic rings. The zero-order valence-electron chi connectivity index (χ0n) is 16.5. The van der Waals surface area contributed by atoms with E-state index in [1.54, 1.807) is 0 Å². The van der Waals surface area contributed by atoms with Crippen molar-refractivity contribution in [1.82, 2.24) is 0 Å². The molecule has 0 aliphatic rings. The number of hydrogen-bond acceptors (Lipinski definition) is 6. The Hall–Kier alpha value is -3.44. The molecule has 0 aliphatic carbocycles. The molecule has 0 bridgehead atoms. The van der Waals surface area contributed by atoms with E-state index in [0.29, 0.717) is 0 Å². The van der Waals surface area contributed by atoms with Crippen molar-refractivity contribution in [2.45, 2.75) is 0 Å². The van der Waals surface area contributed by atoms with Crippen LogP contribution in [0.2, 0.25) is 20.1 Å². The van der Waals surface area contributed by atoms with E-state index in [2.05, 4.69) is 10.6 Å². The minimum Gasteiger partial charge on any atom is -0.320 e. The summed E-state index contributed by atoms with van der Waals surface area (Å²) in [4.78, 5) is 46.4. The van der Waals surface area contributed by atoms with Gasteiger partial charge in [-0.2, -0.15) is 0 Å². The lowest BCUT2D eigenvalue weighted by molar-refractivity contribution is -0.384. The maximum absolute atomic E-state index is 12.8. The van der Waals surface area contributed by atoms with Crippen molar-refractivity contribution < 1.29 is 19.4 Å². The van der Waals surface area contributed by atoms with Crippen molar-refractivity contribution in [3.05, 3.63) is 100.0 Å². The van der Waals surface area contributed by atoms with Crippen LogP contribution in [-0.2, 0) is 0 Å². The Labute approximate surface area is 210 Å². The van der Waals surface area contributed by atoms with Crippen molar-refractivity contribution in [3.8, 4) is 0 Å². The number of nitrogens with zero attached hydrogens (tertiary/aromatic N) is 2. The van der Waals surface area contributed by atoms with Gasteiger partial charge in [0, 0.05) is 12.1 Å². The lowest BCUT2D eigenvalue weighted by Crippen LogP contribution is -2.18. The molecule has 3 rings (SSSR count). The molecule has 0 atom stereocenters. The number of rotatable bonds is 6. The van der Waals surface area contributed by atoms with E-state index < -0.39 is 43.1 Å².